The number of ether oxygens (including phenoxy) is 2. The second kappa shape index (κ2) is 9.66. The molecule has 5 aromatic rings. The van der Waals surface area contributed by atoms with Crippen molar-refractivity contribution in [2.45, 2.75) is 13.8 Å². The molecule has 2 aromatic heterocycles. The van der Waals surface area contributed by atoms with E-state index in [2.05, 4.69) is 10.1 Å². The van der Waals surface area contributed by atoms with Crippen LogP contribution in [0, 0.1) is 13.8 Å². The molecule has 8 heteroatoms. The maximum Gasteiger partial charge on any atom is 0.265 e. The minimum Gasteiger partial charge on any atom is -0.494 e. The monoisotopic (exact) mass is 494 g/mol. The van der Waals surface area contributed by atoms with Gasteiger partial charge in [0, 0.05) is 29.1 Å². The third-order valence-corrected chi connectivity index (χ3v) is 6.15. The fourth-order valence-corrected chi connectivity index (χ4v) is 4.28. The van der Waals surface area contributed by atoms with Crippen LogP contribution in [0.5, 0.6) is 17.4 Å². The van der Waals surface area contributed by atoms with Gasteiger partial charge in [-0.1, -0.05) is 35.9 Å². The fourth-order valence-electron chi connectivity index (χ4n) is 4.28. The molecule has 186 valence electrons. The summed E-state index contributed by atoms with van der Waals surface area (Å²) >= 11 is 0. The average molecular weight is 495 g/mol. The van der Waals surface area contributed by atoms with Crippen LogP contribution in [0.25, 0.3) is 22.1 Å². The van der Waals surface area contributed by atoms with Crippen LogP contribution in [-0.4, -0.2) is 39.9 Å². The van der Waals surface area contributed by atoms with Gasteiger partial charge in [-0.3, -0.25) is 4.79 Å². The van der Waals surface area contributed by atoms with Gasteiger partial charge in [-0.25, -0.2) is 14.2 Å². The molecule has 0 saturated heterocycles. The van der Waals surface area contributed by atoms with Gasteiger partial charge in [-0.15, -0.1) is 0 Å². The van der Waals surface area contributed by atoms with E-state index in [9.17, 15) is 9.90 Å². The van der Waals surface area contributed by atoms with E-state index in [1.807, 2.05) is 50.2 Å². The van der Waals surface area contributed by atoms with Gasteiger partial charge in [0.25, 0.3) is 5.56 Å². The van der Waals surface area contributed by atoms with E-state index >= 15 is 0 Å². The first-order valence-corrected chi connectivity index (χ1v) is 11.7. The van der Waals surface area contributed by atoms with Crippen LogP contribution in [0.15, 0.2) is 82.6 Å². The largest absolute Gasteiger partial charge is 0.494 e. The molecule has 5 rings (SSSR count). The second-order valence-electron chi connectivity index (χ2n) is 8.61. The van der Waals surface area contributed by atoms with Crippen molar-refractivity contribution < 1.29 is 14.6 Å². The van der Waals surface area contributed by atoms with Crippen LogP contribution in [0.3, 0.4) is 0 Å². The number of benzene rings is 3. The smallest absolute Gasteiger partial charge is 0.265 e. The molecule has 0 unspecified atom stereocenters. The van der Waals surface area contributed by atoms with Crippen LogP contribution in [0.1, 0.15) is 16.8 Å². The Hall–Kier alpha value is -4.85. The quantitative estimate of drug-likeness (QED) is 0.325. The van der Waals surface area contributed by atoms with Crippen LogP contribution in [0.2, 0.25) is 0 Å². The Labute approximate surface area is 213 Å². The van der Waals surface area contributed by atoms with Gasteiger partial charge in [0.15, 0.2) is 17.3 Å². The van der Waals surface area contributed by atoms with Gasteiger partial charge in [-0.05, 0) is 44.2 Å². The number of nitrogens with zero attached hydrogens (tertiary/aromatic N) is 4. The van der Waals surface area contributed by atoms with E-state index in [1.165, 1.54) is 18.8 Å². The van der Waals surface area contributed by atoms with Crippen molar-refractivity contribution in [3.05, 3.63) is 100.0 Å². The molecule has 0 aliphatic carbocycles. The van der Waals surface area contributed by atoms with E-state index in [4.69, 9.17) is 9.47 Å². The lowest BCUT2D eigenvalue weighted by atomic mass is 10.1. The minimum absolute atomic E-state index is 0.238. The number of aromatic nitrogens is 3. The Kier molecular flexibility index (Phi) is 6.23. The zero-order valence-electron chi connectivity index (χ0n) is 21.0. The summed E-state index contributed by atoms with van der Waals surface area (Å²) in [5.74, 6) is 1.31. The van der Waals surface area contributed by atoms with Crippen molar-refractivity contribution in [3.63, 3.8) is 0 Å². The molecular weight excluding hydrogens is 468 g/mol. The summed E-state index contributed by atoms with van der Waals surface area (Å²) in [5.41, 5.74) is 3.29. The third-order valence-electron chi connectivity index (χ3n) is 6.15. The van der Waals surface area contributed by atoms with Crippen molar-refractivity contribution in [3.8, 4) is 28.8 Å². The summed E-state index contributed by atoms with van der Waals surface area (Å²) in [4.78, 5) is 18.2. The fraction of sp³-hybridized carbons (Fsp3) is 0.138. The molecule has 2 heterocycles. The molecule has 0 aliphatic rings. The SMILES string of the molecule is COc1ccc(-n2c(O)c(/C=N/c3cc(C)nn3-c3ccc(C)cc3)c3ccccc3c2=O)cc1OC. The Morgan fingerprint density at radius 2 is 1.54 bits per heavy atom. The first-order valence-electron chi connectivity index (χ1n) is 11.7. The van der Waals surface area contributed by atoms with Gasteiger partial charge < -0.3 is 14.6 Å². The molecule has 8 nitrogen and oxygen atoms in total. The maximum absolute atomic E-state index is 13.5. The minimum atomic E-state index is -0.363. The zero-order valence-corrected chi connectivity index (χ0v) is 21.0. The predicted octanol–water partition coefficient (Wildman–Crippen LogP) is 5.27. The van der Waals surface area contributed by atoms with E-state index in [1.54, 1.807) is 47.3 Å². The normalized spacial score (nSPS) is 11.4. The molecule has 1 N–H and O–H groups in total. The lowest BCUT2D eigenvalue weighted by Crippen LogP contribution is -2.20. The van der Waals surface area contributed by atoms with Crippen LogP contribution in [-0.2, 0) is 0 Å². The molecule has 37 heavy (non-hydrogen) atoms. The zero-order chi connectivity index (χ0) is 26.1. The first-order chi connectivity index (χ1) is 17.9. The molecule has 0 spiro atoms. The number of rotatable bonds is 6. The molecule has 0 fully saturated rings. The number of hydrogen-bond acceptors (Lipinski definition) is 6. The molecular formula is C29H26N4O4. The van der Waals surface area contributed by atoms with Crippen molar-refractivity contribution in [1.29, 1.82) is 0 Å². The summed E-state index contributed by atoms with van der Waals surface area (Å²) in [6.45, 7) is 3.92. The first kappa shape index (κ1) is 23.9. The molecule has 0 saturated carbocycles. The summed E-state index contributed by atoms with van der Waals surface area (Å²) in [6, 6.07) is 22.0. The Balaban J connectivity index is 1.69. The van der Waals surface area contributed by atoms with Crippen LogP contribution in [0.4, 0.5) is 5.82 Å². The second-order valence-corrected chi connectivity index (χ2v) is 8.61. The summed E-state index contributed by atoms with van der Waals surface area (Å²) in [7, 11) is 3.05. The third kappa shape index (κ3) is 4.33. The molecule has 0 radical (unpaired) electrons. The van der Waals surface area contributed by atoms with Gasteiger partial charge >= 0.3 is 0 Å². The number of hydrogen-bond donors (Lipinski definition) is 1. The van der Waals surface area contributed by atoms with E-state index < -0.39 is 0 Å². The highest BCUT2D eigenvalue weighted by Gasteiger charge is 2.18. The molecule has 0 amide bonds. The Bertz CT molecular complexity index is 1700. The van der Waals surface area contributed by atoms with Gasteiger partial charge in [0.1, 0.15) is 0 Å². The highest BCUT2D eigenvalue weighted by molar-refractivity contribution is 6.02. The molecule has 0 bridgehead atoms. The number of pyridine rings is 1. The molecule has 0 atom stereocenters. The van der Waals surface area contributed by atoms with Crippen molar-refractivity contribution in [2.75, 3.05) is 14.2 Å². The Morgan fingerprint density at radius 1 is 0.865 bits per heavy atom. The highest BCUT2D eigenvalue weighted by atomic mass is 16.5. The van der Waals surface area contributed by atoms with E-state index in [0.717, 1.165) is 16.9 Å². The number of aryl methyl sites for hydroxylation is 2. The van der Waals surface area contributed by atoms with Gasteiger partial charge in [-0.2, -0.15) is 5.10 Å². The topological polar surface area (TPSA) is 90.9 Å². The van der Waals surface area contributed by atoms with E-state index in [-0.39, 0.29) is 11.4 Å². The van der Waals surface area contributed by atoms with Gasteiger partial charge in [0.05, 0.1) is 36.9 Å². The standard InChI is InChI=1S/C29H26N4O4/c1-18-9-11-20(12-10-18)33-27(15-19(2)31-33)30-17-24-22-7-5-6-8-23(22)28(34)32(29(24)35)21-13-14-25(36-3)26(16-21)37-4/h5-17,35H,1-4H3/b30-17+. The summed E-state index contributed by atoms with van der Waals surface area (Å²) in [5, 5.41) is 17.0. The van der Waals surface area contributed by atoms with Crippen molar-refractivity contribution >= 4 is 22.8 Å². The Morgan fingerprint density at radius 3 is 2.24 bits per heavy atom. The van der Waals surface area contributed by atoms with Crippen molar-refractivity contribution in [2.24, 2.45) is 4.99 Å². The number of aliphatic imine (C=N–C) groups is 1. The number of fused-ring (bicyclic) bond motifs is 1. The summed E-state index contributed by atoms with van der Waals surface area (Å²) < 4.78 is 13.7. The van der Waals surface area contributed by atoms with Gasteiger partial charge in [0.2, 0.25) is 5.88 Å². The molecule has 0 aliphatic heterocycles. The average Bonchev–Trinajstić information content (AvgIpc) is 3.29. The maximum atomic E-state index is 13.5. The lowest BCUT2D eigenvalue weighted by molar-refractivity contribution is 0.354. The van der Waals surface area contributed by atoms with Crippen molar-refractivity contribution in [1.82, 2.24) is 14.3 Å². The highest BCUT2D eigenvalue weighted by Crippen LogP contribution is 2.32. The van der Waals surface area contributed by atoms with Crippen LogP contribution >= 0.6 is 0 Å². The lowest BCUT2D eigenvalue weighted by Gasteiger charge is -2.15. The summed E-state index contributed by atoms with van der Waals surface area (Å²) in [6.07, 6.45) is 1.56. The predicted molar refractivity (Wildman–Crippen MR) is 145 cm³/mol. The van der Waals surface area contributed by atoms with Crippen LogP contribution < -0.4 is 15.0 Å². The molecule has 3 aromatic carbocycles. The number of methoxy groups -OCH3 is 2. The number of aromatic hydroxyl groups is 1. The van der Waals surface area contributed by atoms with E-state index in [0.29, 0.717) is 39.3 Å².